The number of nitrogens with zero attached hydrogens (tertiary/aromatic N) is 3. The Balaban J connectivity index is 1.03. The van der Waals surface area contributed by atoms with Gasteiger partial charge in [-0.1, -0.05) is 146 Å². The molecule has 0 amide bonds. The minimum atomic E-state index is 1.09. The van der Waals surface area contributed by atoms with Crippen LogP contribution >= 0.6 is 0 Å². The fourth-order valence-corrected chi connectivity index (χ4v) is 8.72. The van der Waals surface area contributed by atoms with Crippen LogP contribution in [0.25, 0.3) is 77.2 Å². The summed E-state index contributed by atoms with van der Waals surface area (Å²) in [5, 5.41) is 4.99. The Labute approximate surface area is 331 Å². The molecule has 9 aromatic carbocycles. The quantitative estimate of drug-likeness (QED) is 0.159. The molecule has 57 heavy (non-hydrogen) atoms. The van der Waals surface area contributed by atoms with Gasteiger partial charge in [0.25, 0.3) is 0 Å². The molecule has 0 radical (unpaired) electrons. The normalized spacial score (nSPS) is 11.5. The molecular weight excluding hydrogens is 691 g/mol. The van der Waals surface area contributed by atoms with Gasteiger partial charge in [0.05, 0.1) is 27.8 Å². The highest BCUT2D eigenvalue weighted by Gasteiger charge is 2.20. The van der Waals surface area contributed by atoms with Gasteiger partial charge in [-0.25, -0.2) is 0 Å². The average molecular weight is 728 g/mol. The summed E-state index contributed by atoms with van der Waals surface area (Å²) in [5.74, 6) is 0. The van der Waals surface area contributed by atoms with E-state index in [4.69, 9.17) is 0 Å². The molecule has 2 aromatic heterocycles. The smallest absolute Gasteiger partial charge is 0.0542 e. The van der Waals surface area contributed by atoms with Crippen LogP contribution in [0, 0.1) is 0 Å². The summed E-state index contributed by atoms with van der Waals surface area (Å²) in [6.07, 6.45) is 0. The molecule has 0 spiro atoms. The summed E-state index contributed by atoms with van der Waals surface area (Å²) in [4.78, 5) is 2.41. The van der Waals surface area contributed by atoms with E-state index in [1.807, 2.05) is 0 Å². The molecule has 3 heteroatoms. The van der Waals surface area contributed by atoms with Gasteiger partial charge in [-0.2, -0.15) is 0 Å². The van der Waals surface area contributed by atoms with Gasteiger partial charge < -0.3 is 14.0 Å². The highest BCUT2D eigenvalue weighted by atomic mass is 15.1. The Bertz CT molecular complexity index is 3160. The SMILES string of the molecule is c1ccc(-c2ccccc2N(c2ccc(-c3ccc(-n4c5ccccc5c5ccccc54)cc3)cc2)c2ccc3c(c2)c2ccccc2n3-c2ccccc2)cc1. The molecule has 11 rings (SSSR count). The van der Waals surface area contributed by atoms with Crippen molar-refractivity contribution in [1.82, 2.24) is 9.13 Å². The zero-order chi connectivity index (χ0) is 37.7. The van der Waals surface area contributed by atoms with Crippen molar-refractivity contribution in [1.29, 1.82) is 0 Å². The first-order chi connectivity index (χ1) is 28.3. The lowest BCUT2D eigenvalue weighted by atomic mass is 10.0. The molecule has 0 saturated heterocycles. The van der Waals surface area contributed by atoms with Gasteiger partial charge in [-0.05, 0) is 95.6 Å². The van der Waals surface area contributed by atoms with Gasteiger partial charge in [0.2, 0.25) is 0 Å². The van der Waals surface area contributed by atoms with Crippen LogP contribution in [0.4, 0.5) is 17.1 Å². The summed E-state index contributed by atoms with van der Waals surface area (Å²) < 4.78 is 4.74. The van der Waals surface area contributed by atoms with Crippen LogP contribution in [0.3, 0.4) is 0 Å². The Morgan fingerprint density at radius 2 is 0.719 bits per heavy atom. The van der Waals surface area contributed by atoms with E-state index in [0.29, 0.717) is 0 Å². The molecule has 3 nitrogen and oxygen atoms in total. The zero-order valence-corrected chi connectivity index (χ0v) is 31.2. The van der Waals surface area contributed by atoms with Crippen molar-refractivity contribution in [2.24, 2.45) is 0 Å². The third kappa shape index (κ3) is 5.51. The summed E-state index contributed by atoms with van der Waals surface area (Å²) in [5.41, 5.74) is 15.1. The van der Waals surface area contributed by atoms with Gasteiger partial charge in [-0.15, -0.1) is 0 Å². The highest BCUT2D eigenvalue weighted by molar-refractivity contribution is 6.11. The van der Waals surface area contributed by atoms with Crippen molar-refractivity contribution >= 4 is 60.7 Å². The van der Waals surface area contributed by atoms with Crippen molar-refractivity contribution in [2.75, 3.05) is 4.90 Å². The van der Waals surface area contributed by atoms with Gasteiger partial charge in [0.1, 0.15) is 0 Å². The number of anilines is 3. The molecule has 0 saturated carbocycles. The van der Waals surface area contributed by atoms with E-state index in [2.05, 4.69) is 238 Å². The first-order valence-corrected chi connectivity index (χ1v) is 19.5. The summed E-state index contributed by atoms with van der Waals surface area (Å²) in [6, 6.07) is 81.1. The van der Waals surface area contributed by atoms with Crippen LogP contribution in [-0.4, -0.2) is 9.13 Å². The van der Waals surface area contributed by atoms with Gasteiger partial charge in [0.15, 0.2) is 0 Å². The van der Waals surface area contributed by atoms with Crippen LogP contribution < -0.4 is 4.90 Å². The molecule has 0 unspecified atom stereocenters. The predicted molar refractivity (Wildman–Crippen MR) is 241 cm³/mol. The van der Waals surface area contributed by atoms with Crippen molar-refractivity contribution in [3.8, 4) is 33.6 Å². The highest BCUT2D eigenvalue weighted by Crippen LogP contribution is 2.44. The molecule has 0 atom stereocenters. The molecule has 268 valence electrons. The fourth-order valence-electron chi connectivity index (χ4n) is 8.72. The van der Waals surface area contributed by atoms with Gasteiger partial charge >= 0.3 is 0 Å². The third-order valence-corrected chi connectivity index (χ3v) is 11.3. The van der Waals surface area contributed by atoms with Crippen molar-refractivity contribution in [3.05, 3.63) is 224 Å². The fraction of sp³-hybridized carbons (Fsp3) is 0. The second-order valence-corrected chi connectivity index (χ2v) is 14.6. The van der Waals surface area contributed by atoms with E-state index in [0.717, 1.165) is 28.4 Å². The lowest BCUT2D eigenvalue weighted by Gasteiger charge is -2.28. The molecule has 0 bridgehead atoms. The van der Waals surface area contributed by atoms with E-state index in [-0.39, 0.29) is 0 Å². The van der Waals surface area contributed by atoms with E-state index in [1.54, 1.807) is 0 Å². The van der Waals surface area contributed by atoms with E-state index < -0.39 is 0 Å². The Hall–Kier alpha value is -7.62. The maximum Gasteiger partial charge on any atom is 0.0542 e. The topological polar surface area (TPSA) is 13.1 Å². The second kappa shape index (κ2) is 13.6. The van der Waals surface area contributed by atoms with Gasteiger partial charge in [-0.3, -0.25) is 0 Å². The second-order valence-electron chi connectivity index (χ2n) is 14.6. The number of aromatic nitrogens is 2. The largest absolute Gasteiger partial charge is 0.310 e. The zero-order valence-electron chi connectivity index (χ0n) is 31.2. The molecule has 2 heterocycles. The molecule has 0 aliphatic heterocycles. The summed E-state index contributed by atoms with van der Waals surface area (Å²) in [7, 11) is 0. The van der Waals surface area contributed by atoms with Gasteiger partial charge in [0, 0.05) is 49.9 Å². The summed E-state index contributed by atoms with van der Waals surface area (Å²) >= 11 is 0. The Kier molecular flexibility index (Phi) is 7.82. The Morgan fingerprint density at radius 3 is 1.33 bits per heavy atom. The number of para-hydroxylation sites is 5. The van der Waals surface area contributed by atoms with E-state index in [1.165, 1.54) is 65.9 Å². The molecule has 11 aromatic rings. The van der Waals surface area contributed by atoms with Crippen LogP contribution in [0.5, 0.6) is 0 Å². The average Bonchev–Trinajstić information content (AvgIpc) is 3.80. The maximum atomic E-state index is 2.41. The molecule has 0 aliphatic carbocycles. The minimum absolute atomic E-state index is 1.09. The van der Waals surface area contributed by atoms with Crippen molar-refractivity contribution in [2.45, 2.75) is 0 Å². The third-order valence-electron chi connectivity index (χ3n) is 11.3. The summed E-state index contributed by atoms with van der Waals surface area (Å²) in [6.45, 7) is 0. The van der Waals surface area contributed by atoms with Crippen LogP contribution in [0.2, 0.25) is 0 Å². The molecule has 0 fully saturated rings. The molecule has 0 aliphatic rings. The van der Waals surface area contributed by atoms with Crippen molar-refractivity contribution < 1.29 is 0 Å². The first kappa shape index (κ1) is 32.8. The first-order valence-electron chi connectivity index (χ1n) is 19.5. The lowest BCUT2D eigenvalue weighted by Crippen LogP contribution is -2.11. The monoisotopic (exact) mass is 727 g/mol. The Morgan fingerprint density at radius 1 is 0.281 bits per heavy atom. The standard InChI is InChI=1S/C54H37N3/c1-3-15-40(16-4-1)45-19-7-11-23-50(45)55(44-35-36-54-49(37-44)48-22-10-14-26-53(48)56(54)41-17-5-2-6-18-41)42-31-27-38(28-32-42)39-29-33-43(34-30-39)57-51-24-12-8-20-46(51)47-21-9-13-25-52(47)57/h1-37H. The minimum Gasteiger partial charge on any atom is -0.310 e. The number of fused-ring (bicyclic) bond motifs is 6. The maximum absolute atomic E-state index is 2.41. The predicted octanol–water partition coefficient (Wildman–Crippen LogP) is 14.7. The van der Waals surface area contributed by atoms with Crippen LogP contribution in [0.1, 0.15) is 0 Å². The molecule has 0 N–H and O–H groups in total. The number of hydrogen-bond acceptors (Lipinski definition) is 1. The van der Waals surface area contributed by atoms with Crippen LogP contribution in [0.15, 0.2) is 224 Å². The molecular formula is C54H37N3. The van der Waals surface area contributed by atoms with E-state index in [9.17, 15) is 0 Å². The van der Waals surface area contributed by atoms with Crippen molar-refractivity contribution in [3.63, 3.8) is 0 Å². The number of rotatable bonds is 7. The van der Waals surface area contributed by atoms with Crippen LogP contribution in [-0.2, 0) is 0 Å². The number of benzene rings is 9. The van der Waals surface area contributed by atoms with E-state index >= 15 is 0 Å². The number of hydrogen-bond donors (Lipinski definition) is 0. The lowest BCUT2D eigenvalue weighted by molar-refractivity contribution is 1.18.